The molecule has 0 aliphatic heterocycles. The van der Waals surface area contributed by atoms with Crippen LogP contribution in [0.5, 0.6) is 11.5 Å². The van der Waals surface area contributed by atoms with E-state index in [0.29, 0.717) is 19.5 Å². The maximum absolute atomic E-state index is 11.7. The summed E-state index contributed by atoms with van der Waals surface area (Å²) in [6.07, 6.45) is 0.582. The molecule has 0 heterocycles. The van der Waals surface area contributed by atoms with Gasteiger partial charge in [-0.25, -0.2) is 4.79 Å². The van der Waals surface area contributed by atoms with Gasteiger partial charge in [-0.3, -0.25) is 0 Å². The summed E-state index contributed by atoms with van der Waals surface area (Å²) < 4.78 is 0. The number of phenolic OH excluding ortho intramolecular Hbond substituents is 2. The smallest absolute Gasteiger partial charge is 0.315 e. The van der Waals surface area contributed by atoms with Crippen LogP contribution in [0.4, 0.5) is 4.79 Å². The molecule has 0 spiro atoms. The summed E-state index contributed by atoms with van der Waals surface area (Å²) in [7, 11) is 0. The van der Waals surface area contributed by atoms with E-state index in [1.807, 2.05) is 37.3 Å². The average molecular weight is 300 g/mol. The Labute approximate surface area is 129 Å². The SMILES string of the molecule is Cc1cc(O)c(O)cc1CCNC(=O)NCc1ccccc1. The standard InChI is InChI=1S/C17H20N2O3/c1-12-9-15(20)16(21)10-14(12)7-8-18-17(22)19-11-13-5-3-2-4-6-13/h2-6,9-10,20-21H,7-8,11H2,1H3,(H2,18,19,22). The van der Waals surface area contributed by atoms with Crippen molar-refractivity contribution in [2.75, 3.05) is 6.54 Å². The first-order valence-corrected chi connectivity index (χ1v) is 7.13. The van der Waals surface area contributed by atoms with Gasteiger partial charge < -0.3 is 20.8 Å². The van der Waals surface area contributed by atoms with E-state index in [1.165, 1.54) is 12.1 Å². The van der Waals surface area contributed by atoms with Crippen LogP contribution < -0.4 is 10.6 Å². The molecule has 0 atom stereocenters. The highest BCUT2D eigenvalue weighted by atomic mass is 16.3. The summed E-state index contributed by atoms with van der Waals surface area (Å²) in [6, 6.07) is 12.5. The molecule has 0 unspecified atom stereocenters. The fraction of sp³-hybridized carbons (Fsp3) is 0.235. The Kier molecular flexibility index (Phi) is 5.25. The first-order chi connectivity index (χ1) is 10.6. The van der Waals surface area contributed by atoms with E-state index >= 15 is 0 Å². The summed E-state index contributed by atoms with van der Waals surface area (Å²) in [5.41, 5.74) is 2.80. The van der Waals surface area contributed by atoms with Crippen LogP contribution in [0.15, 0.2) is 42.5 Å². The van der Waals surface area contributed by atoms with Crippen molar-refractivity contribution in [3.63, 3.8) is 0 Å². The zero-order valence-electron chi connectivity index (χ0n) is 12.5. The topological polar surface area (TPSA) is 81.6 Å². The number of nitrogens with one attached hydrogen (secondary N) is 2. The maximum atomic E-state index is 11.7. The van der Waals surface area contributed by atoms with E-state index in [0.717, 1.165) is 16.7 Å². The Balaban J connectivity index is 1.76. The Morgan fingerprint density at radius 1 is 1.05 bits per heavy atom. The Hall–Kier alpha value is -2.69. The monoisotopic (exact) mass is 300 g/mol. The second kappa shape index (κ2) is 7.36. The molecule has 0 saturated heterocycles. The lowest BCUT2D eigenvalue weighted by Crippen LogP contribution is -2.36. The lowest BCUT2D eigenvalue weighted by atomic mass is 10.0. The Morgan fingerprint density at radius 3 is 2.45 bits per heavy atom. The van der Waals surface area contributed by atoms with E-state index in [2.05, 4.69) is 10.6 Å². The van der Waals surface area contributed by atoms with E-state index in [-0.39, 0.29) is 17.5 Å². The van der Waals surface area contributed by atoms with Gasteiger partial charge in [-0.2, -0.15) is 0 Å². The molecule has 2 amide bonds. The highest BCUT2D eigenvalue weighted by Gasteiger charge is 2.06. The fourth-order valence-electron chi connectivity index (χ4n) is 2.15. The minimum Gasteiger partial charge on any atom is -0.504 e. The van der Waals surface area contributed by atoms with E-state index in [4.69, 9.17) is 0 Å². The number of carbonyl (C=O) groups is 1. The molecule has 0 aliphatic carbocycles. The van der Waals surface area contributed by atoms with Gasteiger partial charge in [0.05, 0.1) is 0 Å². The maximum Gasteiger partial charge on any atom is 0.315 e. The third kappa shape index (κ3) is 4.41. The summed E-state index contributed by atoms with van der Waals surface area (Å²) in [5.74, 6) is -0.274. The Bertz CT molecular complexity index is 642. The van der Waals surface area contributed by atoms with Crippen LogP contribution in [-0.4, -0.2) is 22.8 Å². The van der Waals surface area contributed by atoms with Crippen LogP contribution in [0.2, 0.25) is 0 Å². The molecule has 22 heavy (non-hydrogen) atoms. The number of aromatic hydroxyl groups is 2. The van der Waals surface area contributed by atoms with Crippen LogP contribution in [-0.2, 0) is 13.0 Å². The number of rotatable bonds is 5. The normalized spacial score (nSPS) is 10.2. The largest absolute Gasteiger partial charge is 0.504 e. The van der Waals surface area contributed by atoms with Crippen molar-refractivity contribution >= 4 is 6.03 Å². The van der Waals surface area contributed by atoms with Crippen molar-refractivity contribution in [1.29, 1.82) is 0 Å². The van der Waals surface area contributed by atoms with E-state index < -0.39 is 0 Å². The van der Waals surface area contributed by atoms with Gasteiger partial charge in [-0.05, 0) is 42.2 Å². The van der Waals surface area contributed by atoms with E-state index in [1.54, 1.807) is 0 Å². The predicted molar refractivity (Wildman–Crippen MR) is 84.9 cm³/mol. The predicted octanol–water partition coefficient (Wildman–Crippen LogP) is 2.45. The summed E-state index contributed by atoms with van der Waals surface area (Å²) in [5, 5.41) is 24.4. The zero-order chi connectivity index (χ0) is 15.9. The molecule has 0 saturated carbocycles. The molecule has 5 nitrogen and oxygen atoms in total. The average Bonchev–Trinajstić information content (AvgIpc) is 2.51. The molecule has 0 aliphatic rings. The molecule has 116 valence electrons. The Morgan fingerprint density at radius 2 is 1.73 bits per heavy atom. The van der Waals surface area contributed by atoms with Crippen LogP contribution in [0.1, 0.15) is 16.7 Å². The number of carbonyl (C=O) groups excluding carboxylic acids is 1. The highest BCUT2D eigenvalue weighted by Crippen LogP contribution is 2.27. The van der Waals surface area contributed by atoms with Gasteiger partial charge >= 0.3 is 6.03 Å². The van der Waals surface area contributed by atoms with Crippen molar-refractivity contribution in [3.8, 4) is 11.5 Å². The number of phenols is 2. The number of hydrogen-bond acceptors (Lipinski definition) is 3. The molecule has 0 radical (unpaired) electrons. The molecular weight excluding hydrogens is 280 g/mol. The molecule has 2 rings (SSSR count). The molecule has 2 aromatic carbocycles. The van der Waals surface area contributed by atoms with Crippen LogP contribution >= 0.6 is 0 Å². The molecule has 0 bridgehead atoms. The van der Waals surface area contributed by atoms with Crippen molar-refractivity contribution in [3.05, 3.63) is 59.2 Å². The van der Waals surface area contributed by atoms with Gasteiger partial charge in [0, 0.05) is 13.1 Å². The van der Waals surface area contributed by atoms with Gasteiger partial charge in [0.1, 0.15) is 0 Å². The second-order valence-electron chi connectivity index (χ2n) is 5.11. The lowest BCUT2D eigenvalue weighted by molar-refractivity contribution is 0.240. The van der Waals surface area contributed by atoms with Crippen molar-refractivity contribution in [1.82, 2.24) is 10.6 Å². The minimum absolute atomic E-state index is 0.130. The third-order valence-electron chi connectivity index (χ3n) is 3.41. The summed E-state index contributed by atoms with van der Waals surface area (Å²) in [6.45, 7) is 2.78. The number of urea groups is 1. The summed E-state index contributed by atoms with van der Waals surface area (Å²) in [4.78, 5) is 11.7. The van der Waals surface area contributed by atoms with Crippen LogP contribution in [0.25, 0.3) is 0 Å². The molecule has 5 heteroatoms. The summed E-state index contributed by atoms with van der Waals surface area (Å²) >= 11 is 0. The van der Waals surface area contributed by atoms with Crippen LogP contribution in [0.3, 0.4) is 0 Å². The molecule has 0 fully saturated rings. The van der Waals surface area contributed by atoms with Gasteiger partial charge in [0.25, 0.3) is 0 Å². The van der Waals surface area contributed by atoms with Crippen molar-refractivity contribution in [2.24, 2.45) is 0 Å². The zero-order valence-corrected chi connectivity index (χ0v) is 12.5. The molecule has 4 N–H and O–H groups in total. The quantitative estimate of drug-likeness (QED) is 0.640. The highest BCUT2D eigenvalue weighted by molar-refractivity contribution is 5.73. The molecule has 0 aromatic heterocycles. The number of hydrogen-bond donors (Lipinski definition) is 4. The first-order valence-electron chi connectivity index (χ1n) is 7.13. The van der Waals surface area contributed by atoms with Gasteiger partial charge in [0.2, 0.25) is 0 Å². The van der Waals surface area contributed by atoms with Crippen molar-refractivity contribution in [2.45, 2.75) is 19.9 Å². The second-order valence-corrected chi connectivity index (χ2v) is 5.11. The van der Waals surface area contributed by atoms with Gasteiger partial charge in [-0.15, -0.1) is 0 Å². The lowest BCUT2D eigenvalue weighted by Gasteiger charge is -2.10. The number of amides is 2. The van der Waals surface area contributed by atoms with Gasteiger partial charge in [-0.1, -0.05) is 30.3 Å². The van der Waals surface area contributed by atoms with Crippen LogP contribution in [0, 0.1) is 6.92 Å². The number of benzene rings is 2. The van der Waals surface area contributed by atoms with E-state index in [9.17, 15) is 15.0 Å². The number of aryl methyl sites for hydroxylation is 1. The molecular formula is C17H20N2O3. The minimum atomic E-state index is -0.232. The fourth-order valence-corrected chi connectivity index (χ4v) is 2.15. The first kappa shape index (κ1) is 15.7. The van der Waals surface area contributed by atoms with Crippen molar-refractivity contribution < 1.29 is 15.0 Å². The molecule has 2 aromatic rings. The van der Waals surface area contributed by atoms with Gasteiger partial charge in [0.15, 0.2) is 11.5 Å². The third-order valence-corrected chi connectivity index (χ3v) is 3.41.